The lowest BCUT2D eigenvalue weighted by Gasteiger charge is -2.28. The maximum atomic E-state index is 13.3. The van der Waals surface area contributed by atoms with Gasteiger partial charge in [-0.3, -0.25) is 4.79 Å². The molecule has 156 valence electrons. The van der Waals surface area contributed by atoms with E-state index < -0.39 is 15.9 Å². The topological polar surface area (TPSA) is 80.5 Å². The normalized spacial score (nSPS) is 17.7. The van der Waals surface area contributed by atoms with Crippen LogP contribution in [-0.4, -0.2) is 41.9 Å². The van der Waals surface area contributed by atoms with E-state index in [-0.39, 0.29) is 29.7 Å². The van der Waals surface area contributed by atoms with Gasteiger partial charge in [-0.1, -0.05) is 64.8 Å². The van der Waals surface area contributed by atoms with Gasteiger partial charge in [0.1, 0.15) is 0 Å². The van der Waals surface area contributed by atoms with Crippen molar-refractivity contribution in [2.24, 2.45) is 0 Å². The lowest BCUT2D eigenvalue weighted by molar-refractivity contribution is 0.0670. The van der Waals surface area contributed by atoms with Gasteiger partial charge in [0.2, 0.25) is 0 Å². The molecule has 3 aromatic rings. The molecule has 1 saturated heterocycles. The Morgan fingerprint density at radius 2 is 1.93 bits per heavy atom. The molecule has 4 rings (SSSR count). The van der Waals surface area contributed by atoms with Crippen LogP contribution in [0.2, 0.25) is 5.02 Å². The molecule has 0 spiro atoms. The number of halogens is 1. The standard InChI is InChI=1S/C22H21ClN2O4S/c1-15-6-8-16(9-7-15)21-12-20(24-29-21)22(26)25(18-10-11-30(27,28)14-18)13-17-4-2-3-5-19(17)23/h2-9,12,18H,10-11,13-14H2,1H3. The molecule has 0 saturated carbocycles. The van der Waals surface area contributed by atoms with Crippen molar-refractivity contribution in [3.05, 3.63) is 76.4 Å². The van der Waals surface area contributed by atoms with Crippen molar-refractivity contribution in [3.63, 3.8) is 0 Å². The minimum Gasteiger partial charge on any atom is -0.355 e. The van der Waals surface area contributed by atoms with Gasteiger partial charge in [-0.15, -0.1) is 0 Å². The number of benzene rings is 2. The highest BCUT2D eigenvalue weighted by molar-refractivity contribution is 7.91. The van der Waals surface area contributed by atoms with Gasteiger partial charge in [0, 0.05) is 29.2 Å². The summed E-state index contributed by atoms with van der Waals surface area (Å²) in [6.07, 6.45) is 0.390. The van der Waals surface area contributed by atoms with Gasteiger partial charge in [-0.05, 0) is 25.0 Å². The Bertz CT molecular complexity index is 1170. The quantitative estimate of drug-likeness (QED) is 0.591. The van der Waals surface area contributed by atoms with Crippen molar-refractivity contribution < 1.29 is 17.7 Å². The van der Waals surface area contributed by atoms with Crippen LogP contribution in [-0.2, 0) is 16.4 Å². The van der Waals surface area contributed by atoms with Crippen molar-refractivity contribution in [1.82, 2.24) is 10.1 Å². The zero-order valence-corrected chi connectivity index (χ0v) is 18.0. The zero-order chi connectivity index (χ0) is 21.3. The first kappa shape index (κ1) is 20.6. The van der Waals surface area contributed by atoms with Crippen LogP contribution in [0, 0.1) is 6.92 Å². The third-order valence-corrected chi connectivity index (χ3v) is 7.39. The first-order valence-electron chi connectivity index (χ1n) is 9.61. The molecule has 6 nitrogen and oxygen atoms in total. The van der Waals surface area contributed by atoms with Crippen LogP contribution in [0.3, 0.4) is 0 Å². The fraction of sp³-hybridized carbons (Fsp3) is 0.273. The van der Waals surface area contributed by atoms with E-state index in [2.05, 4.69) is 5.16 Å². The largest absolute Gasteiger partial charge is 0.355 e. The number of rotatable bonds is 5. The van der Waals surface area contributed by atoms with E-state index in [1.54, 1.807) is 17.0 Å². The lowest BCUT2D eigenvalue weighted by Crippen LogP contribution is -2.40. The number of hydrogen-bond donors (Lipinski definition) is 0. The summed E-state index contributed by atoms with van der Waals surface area (Å²) >= 11 is 6.29. The summed E-state index contributed by atoms with van der Waals surface area (Å²) in [5.41, 5.74) is 2.82. The molecule has 1 fully saturated rings. The van der Waals surface area contributed by atoms with E-state index in [4.69, 9.17) is 16.1 Å². The van der Waals surface area contributed by atoms with Crippen molar-refractivity contribution in [2.75, 3.05) is 11.5 Å². The molecule has 1 aliphatic heterocycles. The Balaban J connectivity index is 1.64. The zero-order valence-electron chi connectivity index (χ0n) is 16.4. The fourth-order valence-corrected chi connectivity index (χ4v) is 5.50. The van der Waals surface area contributed by atoms with Gasteiger partial charge >= 0.3 is 0 Å². The highest BCUT2D eigenvalue weighted by Crippen LogP contribution is 2.27. The van der Waals surface area contributed by atoms with Crippen molar-refractivity contribution >= 4 is 27.3 Å². The third kappa shape index (κ3) is 4.42. The number of hydrogen-bond acceptors (Lipinski definition) is 5. The van der Waals surface area contributed by atoms with Crippen LogP contribution >= 0.6 is 11.6 Å². The Labute approximate surface area is 180 Å². The number of sulfone groups is 1. The van der Waals surface area contributed by atoms with Crippen molar-refractivity contribution in [1.29, 1.82) is 0 Å². The van der Waals surface area contributed by atoms with Crippen LogP contribution < -0.4 is 0 Å². The molecule has 0 aliphatic carbocycles. The summed E-state index contributed by atoms with van der Waals surface area (Å²) in [4.78, 5) is 14.9. The highest BCUT2D eigenvalue weighted by Gasteiger charge is 2.36. The number of amides is 1. The molecule has 1 aliphatic rings. The second kappa shape index (κ2) is 8.24. The maximum Gasteiger partial charge on any atom is 0.276 e. The first-order chi connectivity index (χ1) is 14.3. The summed E-state index contributed by atoms with van der Waals surface area (Å²) in [5.74, 6) is 0.109. The SMILES string of the molecule is Cc1ccc(-c2cc(C(=O)N(Cc3ccccc3Cl)C3CCS(=O)(=O)C3)no2)cc1. The van der Waals surface area contributed by atoms with Gasteiger partial charge in [0.15, 0.2) is 21.3 Å². The van der Waals surface area contributed by atoms with Crippen LogP contribution in [0.15, 0.2) is 59.1 Å². The molecule has 8 heteroatoms. The monoisotopic (exact) mass is 444 g/mol. The van der Waals surface area contributed by atoms with Gasteiger partial charge in [-0.2, -0.15) is 0 Å². The van der Waals surface area contributed by atoms with Gasteiger partial charge < -0.3 is 9.42 Å². The molecular formula is C22H21ClN2O4S. The molecule has 0 radical (unpaired) electrons. The number of nitrogens with zero attached hydrogens (tertiary/aromatic N) is 2. The van der Waals surface area contributed by atoms with Crippen molar-refractivity contribution in [2.45, 2.75) is 25.9 Å². The summed E-state index contributed by atoms with van der Waals surface area (Å²) < 4.78 is 29.5. The second-order valence-corrected chi connectivity index (χ2v) is 10.2. The Hall–Kier alpha value is -2.64. The van der Waals surface area contributed by atoms with E-state index >= 15 is 0 Å². The number of carbonyl (C=O) groups excluding carboxylic acids is 1. The molecule has 1 atom stereocenters. The minimum absolute atomic E-state index is 0.0636. The predicted molar refractivity (Wildman–Crippen MR) is 115 cm³/mol. The summed E-state index contributed by atoms with van der Waals surface area (Å²) in [5, 5.41) is 4.48. The smallest absolute Gasteiger partial charge is 0.276 e. The Kier molecular flexibility index (Phi) is 5.66. The second-order valence-electron chi connectivity index (χ2n) is 7.52. The number of carbonyl (C=O) groups is 1. The number of aryl methyl sites for hydroxylation is 1. The molecular weight excluding hydrogens is 424 g/mol. The van der Waals surface area contributed by atoms with E-state index in [1.807, 2.05) is 49.4 Å². The lowest BCUT2D eigenvalue weighted by atomic mass is 10.1. The Morgan fingerprint density at radius 3 is 2.60 bits per heavy atom. The summed E-state index contributed by atoms with van der Waals surface area (Å²) in [7, 11) is -3.17. The fourth-order valence-electron chi connectivity index (χ4n) is 3.58. The molecule has 1 aromatic heterocycles. The average molecular weight is 445 g/mol. The summed E-state index contributed by atoms with van der Waals surface area (Å²) in [6, 6.07) is 16.1. The van der Waals surface area contributed by atoms with Crippen molar-refractivity contribution in [3.8, 4) is 11.3 Å². The molecule has 0 bridgehead atoms. The van der Waals surface area contributed by atoms with E-state index in [0.29, 0.717) is 17.2 Å². The van der Waals surface area contributed by atoms with Gasteiger partial charge in [-0.25, -0.2) is 8.42 Å². The van der Waals surface area contributed by atoms with Crippen LogP contribution in [0.1, 0.15) is 28.0 Å². The molecule has 1 unspecified atom stereocenters. The first-order valence-corrected chi connectivity index (χ1v) is 11.8. The van der Waals surface area contributed by atoms with E-state index in [9.17, 15) is 13.2 Å². The Morgan fingerprint density at radius 1 is 1.20 bits per heavy atom. The molecule has 30 heavy (non-hydrogen) atoms. The maximum absolute atomic E-state index is 13.3. The predicted octanol–water partition coefficient (Wildman–Crippen LogP) is 4.13. The minimum atomic E-state index is -3.17. The molecule has 0 N–H and O–H groups in total. The van der Waals surface area contributed by atoms with Crippen LogP contribution in [0.25, 0.3) is 11.3 Å². The molecule has 2 heterocycles. The third-order valence-electron chi connectivity index (χ3n) is 5.27. The van der Waals surface area contributed by atoms with E-state index in [1.165, 1.54) is 0 Å². The summed E-state index contributed by atoms with van der Waals surface area (Å²) in [6.45, 7) is 2.19. The van der Waals surface area contributed by atoms with E-state index in [0.717, 1.165) is 16.7 Å². The molecule has 2 aromatic carbocycles. The average Bonchev–Trinajstić information content (AvgIpc) is 3.34. The van der Waals surface area contributed by atoms with Gasteiger partial charge in [0.25, 0.3) is 5.91 Å². The van der Waals surface area contributed by atoms with Crippen LogP contribution in [0.5, 0.6) is 0 Å². The highest BCUT2D eigenvalue weighted by atomic mass is 35.5. The van der Waals surface area contributed by atoms with Gasteiger partial charge in [0.05, 0.1) is 11.5 Å². The van der Waals surface area contributed by atoms with Crippen LogP contribution in [0.4, 0.5) is 0 Å². The number of aromatic nitrogens is 1. The molecule has 1 amide bonds.